The first-order valence-corrected chi connectivity index (χ1v) is 7.84. The van der Waals surface area contributed by atoms with Crippen molar-refractivity contribution in [3.8, 4) is 0 Å². The lowest BCUT2D eigenvalue weighted by Gasteiger charge is -2.11. The first-order valence-electron chi connectivity index (χ1n) is 7.84. The number of ether oxygens (including phenoxy) is 2. The molecule has 2 rings (SSSR count). The van der Waals surface area contributed by atoms with Gasteiger partial charge >= 0.3 is 0 Å². The molecule has 0 spiro atoms. The first kappa shape index (κ1) is 17.4. The van der Waals surface area contributed by atoms with E-state index in [9.17, 15) is 9.59 Å². The molecule has 7 nitrogen and oxygen atoms in total. The highest BCUT2D eigenvalue weighted by Gasteiger charge is 2.17. The molecular weight excluding hydrogens is 298 g/mol. The minimum Gasteiger partial charge on any atom is -0.385 e. The van der Waals surface area contributed by atoms with Crippen LogP contribution in [0, 0.1) is 0 Å². The summed E-state index contributed by atoms with van der Waals surface area (Å²) >= 11 is 0. The van der Waals surface area contributed by atoms with Gasteiger partial charge < -0.3 is 20.1 Å². The Bertz CT molecular complexity index is 530. The van der Waals surface area contributed by atoms with Gasteiger partial charge in [0.05, 0.1) is 6.10 Å². The minimum atomic E-state index is -0.297. The van der Waals surface area contributed by atoms with Crippen LogP contribution in [-0.2, 0) is 9.47 Å². The number of hydrogen-bond donors (Lipinski definition) is 2. The zero-order chi connectivity index (χ0) is 16.5. The van der Waals surface area contributed by atoms with Crippen molar-refractivity contribution in [1.82, 2.24) is 15.6 Å². The summed E-state index contributed by atoms with van der Waals surface area (Å²) in [6.07, 6.45) is 2.78. The third kappa shape index (κ3) is 5.61. The average Bonchev–Trinajstić information content (AvgIpc) is 3.10. The Hall–Kier alpha value is -1.99. The first-order chi connectivity index (χ1) is 11.2. The molecule has 0 radical (unpaired) electrons. The lowest BCUT2D eigenvalue weighted by atomic mass is 10.2. The number of hydrogen-bond acceptors (Lipinski definition) is 5. The van der Waals surface area contributed by atoms with Crippen LogP contribution in [0.2, 0.25) is 0 Å². The predicted octanol–water partition coefficient (Wildman–Crippen LogP) is 0.757. The lowest BCUT2D eigenvalue weighted by Crippen LogP contribution is -2.33. The average molecular weight is 321 g/mol. The summed E-state index contributed by atoms with van der Waals surface area (Å²) in [5.41, 5.74) is 0.458. The van der Waals surface area contributed by atoms with Gasteiger partial charge in [0.1, 0.15) is 11.4 Å². The monoisotopic (exact) mass is 321 g/mol. The third-order valence-electron chi connectivity index (χ3n) is 3.54. The van der Waals surface area contributed by atoms with Gasteiger partial charge in [0.25, 0.3) is 11.8 Å². The van der Waals surface area contributed by atoms with E-state index in [1.165, 1.54) is 0 Å². The lowest BCUT2D eigenvalue weighted by molar-refractivity contribution is 0.0853. The Morgan fingerprint density at radius 2 is 2.04 bits per heavy atom. The second-order valence-corrected chi connectivity index (χ2v) is 5.36. The quantitative estimate of drug-likeness (QED) is 0.690. The second-order valence-electron chi connectivity index (χ2n) is 5.36. The van der Waals surface area contributed by atoms with Gasteiger partial charge in [0, 0.05) is 33.4 Å². The van der Waals surface area contributed by atoms with E-state index in [1.54, 1.807) is 25.3 Å². The number of carbonyl (C=O) groups excluding carboxylic acids is 2. The van der Waals surface area contributed by atoms with Gasteiger partial charge in [-0.2, -0.15) is 0 Å². The molecule has 2 heterocycles. The summed E-state index contributed by atoms with van der Waals surface area (Å²) in [6.45, 7) is 2.30. The summed E-state index contributed by atoms with van der Waals surface area (Å²) in [7, 11) is 1.61. The Balaban J connectivity index is 1.85. The van der Waals surface area contributed by atoms with Gasteiger partial charge in [0.15, 0.2) is 0 Å². The van der Waals surface area contributed by atoms with Crippen LogP contribution >= 0.6 is 0 Å². The maximum atomic E-state index is 12.1. The molecule has 2 N–H and O–H groups in total. The molecule has 126 valence electrons. The molecule has 1 fully saturated rings. The van der Waals surface area contributed by atoms with Gasteiger partial charge in [-0.15, -0.1) is 0 Å². The van der Waals surface area contributed by atoms with Crippen LogP contribution < -0.4 is 10.6 Å². The molecule has 0 bridgehead atoms. The standard InChI is InChI=1S/C16H23N3O4/c1-22-9-4-8-17-15(20)13-6-2-7-14(19-13)16(21)18-11-12-5-3-10-23-12/h2,6-7,12H,3-5,8-11H2,1H3,(H,17,20)(H,18,21). The van der Waals surface area contributed by atoms with E-state index in [2.05, 4.69) is 15.6 Å². The number of methoxy groups -OCH3 is 1. The fraction of sp³-hybridized carbons (Fsp3) is 0.562. The maximum absolute atomic E-state index is 12.1. The topological polar surface area (TPSA) is 89.5 Å². The van der Waals surface area contributed by atoms with E-state index in [1.807, 2.05) is 0 Å². The van der Waals surface area contributed by atoms with Crippen LogP contribution in [0.5, 0.6) is 0 Å². The van der Waals surface area contributed by atoms with Gasteiger partial charge in [-0.1, -0.05) is 6.07 Å². The molecule has 0 saturated carbocycles. The smallest absolute Gasteiger partial charge is 0.269 e. The Morgan fingerprint density at radius 1 is 1.30 bits per heavy atom. The Kier molecular flexibility index (Phi) is 6.96. The summed E-state index contributed by atoms with van der Waals surface area (Å²) < 4.78 is 10.4. The highest BCUT2D eigenvalue weighted by molar-refractivity contribution is 5.96. The Labute approximate surface area is 135 Å². The third-order valence-corrected chi connectivity index (χ3v) is 3.54. The number of amides is 2. The van der Waals surface area contributed by atoms with Crippen LogP contribution in [0.1, 0.15) is 40.2 Å². The van der Waals surface area contributed by atoms with E-state index in [-0.39, 0.29) is 29.3 Å². The largest absolute Gasteiger partial charge is 0.385 e. The van der Waals surface area contributed by atoms with Gasteiger partial charge in [0.2, 0.25) is 0 Å². The van der Waals surface area contributed by atoms with Crippen molar-refractivity contribution in [3.05, 3.63) is 29.6 Å². The number of pyridine rings is 1. The summed E-state index contributed by atoms with van der Waals surface area (Å²) in [5.74, 6) is -0.593. The fourth-order valence-corrected chi connectivity index (χ4v) is 2.30. The summed E-state index contributed by atoms with van der Waals surface area (Å²) in [5, 5.41) is 5.54. The SMILES string of the molecule is COCCCNC(=O)c1cccc(C(=O)NCC2CCCO2)n1. The van der Waals surface area contributed by atoms with Crippen molar-refractivity contribution in [2.45, 2.75) is 25.4 Å². The molecule has 1 aromatic heterocycles. The van der Waals surface area contributed by atoms with Crippen molar-refractivity contribution < 1.29 is 19.1 Å². The zero-order valence-corrected chi connectivity index (χ0v) is 13.3. The number of nitrogens with zero attached hydrogens (tertiary/aromatic N) is 1. The van der Waals surface area contributed by atoms with Crippen LogP contribution in [0.3, 0.4) is 0 Å². The molecule has 1 unspecified atom stereocenters. The molecule has 0 aliphatic carbocycles. The zero-order valence-electron chi connectivity index (χ0n) is 13.3. The minimum absolute atomic E-state index is 0.0752. The van der Waals surface area contributed by atoms with Crippen molar-refractivity contribution >= 4 is 11.8 Å². The maximum Gasteiger partial charge on any atom is 0.269 e. The van der Waals surface area contributed by atoms with Crippen LogP contribution in [0.15, 0.2) is 18.2 Å². The molecule has 1 aromatic rings. The van der Waals surface area contributed by atoms with Gasteiger partial charge in [-0.25, -0.2) is 4.98 Å². The van der Waals surface area contributed by atoms with Crippen molar-refractivity contribution in [2.24, 2.45) is 0 Å². The van der Waals surface area contributed by atoms with E-state index in [4.69, 9.17) is 9.47 Å². The van der Waals surface area contributed by atoms with Crippen LogP contribution in [0.4, 0.5) is 0 Å². The second kappa shape index (κ2) is 9.22. The number of nitrogens with one attached hydrogen (secondary N) is 2. The van der Waals surface area contributed by atoms with Crippen LogP contribution in [-0.4, -0.2) is 56.3 Å². The van der Waals surface area contributed by atoms with E-state index >= 15 is 0 Å². The summed E-state index contributed by atoms with van der Waals surface area (Å²) in [4.78, 5) is 28.2. The molecule has 2 amide bonds. The predicted molar refractivity (Wildman–Crippen MR) is 84.4 cm³/mol. The highest BCUT2D eigenvalue weighted by atomic mass is 16.5. The molecule has 0 aromatic carbocycles. The number of carbonyl (C=O) groups is 2. The number of rotatable bonds is 8. The fourth-order valence-electron chi connectivity index (χ4n) is 2.30. The van der Waals surface area contributed by atoms with Gasteiger partial charge in [-0.3, -0.25) is 9.59 Å². The van der Waals surface area contributed by atoms with Gasteiger partial charge in [-0.05, 0) is 31.4 Å². The molecule has 1 atom stereocenters. The van der Waals surface area contributed by atoms with E-state index < -0.39 is 0 Å². The van der Waals surface area contributed by atoms with E-state index in [0.29, 0.717) is 19.7 Å². The molecule has 1 saturated heterocycles. The van der Waals surface area contributed by atoms with E-state index in [0.717, 1.165) is 25.9 Å². The van der Waals surface area contributed by atoms with Crippen molar-refractivity contribution in [3.63, 3.8) is 0 Å². The normalized spacial score (nSPS) is 17.0. The summed E-state index contributed by atoms with van der Waals surface area (Å²) in [6, 6.07) is 4.83. The number of aromatic nitrogens is 1. The molecule has 1 aliphatic rings. The Morgan fingerprint density at radius 3 is 2.70 bits per heavy atom. The molecule has 7 heteroatoms. The highest BCUT2D eigenvalue weighted by Crippen LogP contribution is 2.10. The molecule has 23 heavy (non-hydrogen) atoms. The molecular formula is C16H23N3O4. The van der Waals surface area contributed by atoms with Crippen LogP contribution in [0.25, 0.3) is 0 Å². The van der Waals surface area contributed by atoms with Crippen molar-refractivity contribution in [2.75, 3.05) is 33.4 Å². The molecule has 1 aliphatic heterocycles. The van der Waals surface area contributed by atoms with Crippen molar-refractivity contribution in [1.29, 1.82) is 0 Å².